The largest absolute Gasteiger partial charge is 0.337 e. The Morgan fingerprint density at radius 1 is 1.19 bits per heavy atom. The molecule has 3 rings (SSSR count). The summed E-state index contributed by atoms with van der Waals surface area (Å²) >= 11 is 0. The molecule has 7 heteroatoms. The zero-order valence-electron chi connectivity index (χ0n) is 11.7. The number of carbonyl (C=O) groups excluding carboxylic acids is 2. The highest BCUT2D eigenvalue weighted by atomic mass is 16.5. The number of amides is 2. The average Bonchev–Trinajstić information content (AvgIpc) is 2.99. The zero-order chi connectivity index (χ0) is 15.2. The number of nitrogens with zero attached hydrogens (tertiary/aromatic N) is 3. The molecule has 1 aromatic heterocycles. The summed E-state index contributed by atoms with van der Waals surface area (Å²) in [6.45, 7) is 3.42. The van der Waals surface area contributed by atoms with Gasteiger partial charge in [0.25, 0.3) is 11.8 Å². The van der Waals surface area contributed by atoms with Crippen molar-refractivity contribution in [3.05, 3.63) is 47.1 Å². The van der Waals surface area contributed by atoms with E-state index in [1.54, 1.807) is 38.1 Å². The Balaban J connectivity index is 1.86. The van der Waals surface area contributed by atoms with Gasteiger partial charge in [0.05, 0.1) is 16.7 Å². The van der Waals surface area contributed by atoms with Gasteiger partial charge in [-0.05, 0) is 26.0 Å². The lowest BCUT2D eigenvalue weighted by Gasteiger charge is -2.12. The van der Waals surface area contributed by atoms with Crippen molar-refractivity contribution >= 4 is 11.8 Å². The van der Waals surface area contributed by atoms with E-state index in [9.17, 15) is 9.59 Å². The number of carbonyl (C=O) groups is 2. The maximum absolute atomic E-state index is 12.2. The van der Waals surface area contributed by atoms with Crippen molar-refractivity contribution in [2.24, 2.45) is 5.73 Å². The Morgan fingerprint density at radius 2 is 1.76 bits per heavy atom. The van der Waals surface area contributed by atoms with Gasteiger partial charge in [-0.25, -0.2) is 0 Å². The van der Waals surface area contributed by atoms with E-state index >= 15 is 0 Å². The van der Waals surface area contributed by atoms with Gasteiger partial charge in [-0.2, -0.15) is 4.98 Å². The van der Waals surface area contributed by atoms with Gasteiger partial charge in [0.15, 0.2) is 5.82 Å². The molecule has 0 radical (unpaired) electrons. The van der Waals surface area contributed by atoms with E-state index in [-0.39, 0.29) is 24.2 Å². The SMILES string of the molecule is CC(C)(N)c1noc(CN2C(=O)c3ccccc3C2=O)n1. The third kappa shape index (κ3) is 2.21. The van der Waals surface area contributed by atoms with Crippen LogP contribution in [0.3, 0.4) is 0 Å². The molecule has 0 saturated carbocycles. The number of hydrogen-bond donors (Lipinski definition) is 1. The number of aromatic nitrogens is 2. The van der Waals surface area contributed by atoms with Crippen molar-refractivity contribution in [2.45, 2.75) is 25.9 Å². The van der Waals surface area contributed by atoms with Crippen LogP contribution in [0.25, 0.3) is 0 Å². The third-order valence-corrected chi connectivity index (χ3v) is 3.22. The predicted molar refractivity (Wildman–Crippen MR) is 72.2 cm³/mol. The Kier molecular flexibility index (Phi) is 2.87. The van der Waals surface area contributed by atoms with Crippen molar-refractivity contribution in [1.82, 2.24) is 15.0 Å². The van der Waals surface area contributed by atoms with Gasteiger partial charge < -0.3 is 10.3 Å². The lowest BCUT2D eigenvalue weighted by Crippen LogP contribution is -2.31. The smallest absolute Gasteiger partial charge is 0.262 e. The summed E-state index contributed by atoms with van der Waals surface area (Å²) in [5.74, 6) is -0.211. The molecule has 2 heterocycles. The van der Waals surface area contributed by atoms with Crippen LogP contribution < -0.4 is 5.73 Å². The van der Waals surface area contributed by atoms with Gasteiger partial charge in [0.1, 0.15) is 6.54 Å². The van der Waals surface area contributed by atoms with Gasteiger partial charge in [-0.3, -0.25) is 14.5 Å². The highest BCUT2D eigenvalue weighted by molar-refractivity contribution is 6.21. The first-order chi connectivity index (χ1) is 9.88. The van der Waals surface area contributed by atoms with Crippen LogP contribution in [-0.2, 0) is 12.1 Å². The summed E-state index contributed by atoms with van der Waals surface area (Å²) in [4.78, 5) is 29.6. The minimum absolute atomic E-state index is 0.0601. The molecule has 1 aromatic carbocycles. The quantitative estimate of drug-likeness (QED) is 0.846. The molecule has 0 saturated heterocycles. The fourth-order valence-electron chi connectivity index (χ4n) is 2.10. The van der Waals surface area contributed by atoms with Crippen molar-refractivity contribution in [1.29, 1.82) is 0 Å². The van der Waals surface area contributed by atoms with Gasteiger partial charge in [-0.1, -0.05) is 17.3 Å². The summed E-state index contributed by atoms with van der Waals surface area (Å²) in [5.41, 5.74) is 5.90. The van der Waals surface area contributed by atoms with Gasteiger partial charge in [0.2, 0.25) is 5.89 Å². The minimum atomic E-state index is -0.746. The number of imide groups is 1. The molecule has 0 atom stereocenters. The van der Waals surface area contributed by atoms with Crippen LogP contribution in [0.1, 0.15) is 46.3 Å². The van der Waals surface area contributed by atoms with E-state index in [0.717, 1.165) is 4.90 Å². The summed E-state index contributed by atoms with van der Waals surface area (Å²) in [6, 6.07) is 6.68. The maximum atomic E-state index is 12.2. The molecule has 0 unspecified atom stereocenters. The molecule has 108 valence electrons. The van der Waals surface area contributed by atoms with Crippen molar-refractivity contribution < 1.29 is 14.1 Å². The molecule has 0 bridgehead atoms. The van der Waals surface area contributed by atoms with E-state index in [1.807, 2.05) is 0 Å². The number of benzene rings is 1. The minimum Gasteiger partial charge on any atom is -0.337 e. The second-order valence-electron chi connectivity index (χ2n) is 5.48. The molecular weight excluding hydrogens is 272 g/mol. The highest BCUT2D eigenvalue weighted by Gasteiger charge is 2.36. The number of fused-ring (bicyclic) bond motifs is 1. The second kappa shape index (κ2) is 4.49. The normalized spacial score (nSPS) is 14.7. The van der Waals surface area contributed by atoms with Crippen LogP contribution in [-0.4, -0.2) is 26.9 Å². The molecule has 0 aliphatic carbocycles. The zero-order valence-corrected chi connectivity index (χ0v) is 11.7. The fourth-order valence-corrected chi connectivity index (χ4v) is 2.10. The highest BCUT2D eigenvalue weighted by Crippen LogP contribution is 2.24. The first-order valence-electron chi connectivity index (χ1n) is 6.45. The lowest BCUT2D eigenvalue weighted by molar-refractivity contribution is 0.0625. The number of nitrogens with two attached hydrogens (primary N) is 1. The first-order valence-corrected chi connectivity index (χ1v) is 6.45. The molecule has 21 heavy (non-hydrogen) atoms. The fraction of sp³-hybridized carbons (Fsp3) is 0.286. The maximum Gasteiger partial charge on any atom is 0.262 e. The molecule has 7 nitrogen and oxygen atoms in total. The van der Waals surface area contributed by atoms with Crippen LogP contribution in [0.5, 0.6) is 0 Å². The molecule has 2 aromatic rings. The standard InChI is InChI=1S/C14H14N4O3/c1-14(2,15)13-16-10(21-17-13)7-18-11(19)8-5-3-4-6-9(8)12(18)20/h3-6H,7,15H2,1-2H3. The number of rotatable bonds is 3. The summed E-state index contributed by atoms with van der Waals surface area (Å²) < 4.78 is 5.06. The summed E-state index contributed by atoms with van der Waals surface area (Å²) in [5, 5.41) is 3.77. The molecule has 1 aliphatic heterocycles. The van der Waals surface area contributed by atoms with Crippen LogP contribution in [0, 0.1) is 0 Å². The lowest BCUT2D eigenvalue weighted by atomic mass is 10.1. The Morgan fingerprint density at radius 3 is 2.24 bits per heavy atom. The summed E-state index contributed by atoms with van der Waals surface area (Å²) in [7, 11) is 0. The molecule has 0 spiro atoms. The van der Waals surface area contributed by atoms with Crippen LogP contribution >= 0.6 is 0 Å². The van der Waals surface area contributed by atoms with Gasteiger partial charge in [0, 0.05) is 0 Å². The van der Waals surface area contributed by atoms with Gasteiger partial charge >= 0.3 is 0 Å². The van der Waals surface area contributed by atoms with E-state index in [1.165, 1.54) is 0 Å². The van der Waals surface area contributed by atoms with Gasteiger partial charge in [-0.15, -0.1) is 0 Å². The third-order valence-electron chi connectivity index (χ3n) is 3.22. The molecule has 0 fully saturated rings. The predicted octanol–water partition coefficient (Wildman–Crippen LogP) is 1.06. The van der Waals surface area contributed by atoms with Crippen molar-refractivity contribution in [2.75, 3.05) is 0 Å². The first kappa shape index (κ1) is 13.4. The topological polar surface area (TPSA) is 102 Å². The van der Waals surface area contributed by atoms with Crippen molar-refractivity contribution in [3.8, 4) is 0 Å². The number of hydrogen-bond acceptors (Lipinski definition) is 6. The van der Waals surface area contributed by atoms with E-state index in [4.69, 9.17) is 10.3 Å². The Hall–Kier alpha value is -2.54. The Labute approximate surface area is 120 Å². The van der Waals surface area contributed by atoms with E-state index < -0.39 is 5.54 Å². The van der Waals surface area contributed by atoms with Crippen LogP contribution in [0.4, 0.5) is 0 Å². The monoisotopic (exact) mass is 286 g/mol. The second-order valence-corrected chi connectivity index (χ2v) is 5.48. The van der Waals surface area contributed by atoms with Crippen LogP contribution in [0.2, 0.25) is 0 Å². The summed E-state index contributed by atoms with van der Waals surface area (Å²) in [6.07, 6.45) is 0. The van der Waals surface area contributed by atoms with Crippen molar-refractivity contribution in [3.63, 3.8) is 0 Å². The molecule has 2 amide bonds. The molecular formula is C14H14N4O3. The molecule has 1 aliphatic rings. The van der Waals surface area contributed by atoms with Crippen LogP contribution in [0.15, 0.2) is 28.8 Å². The van der Waals surface area contributed by atoms with E-state index in [0.29, 0.717) is 17.0 Å². The Bertz CT molecular complexity index is 695. The average molecular weight is 286 g/mol. The van der Waals surface area contributed by atoms with E-state index in [2.05, 4.69) is 10.1 Å². The molecule has 2 N–H and O–H groups in total.